The summed E-state index contributed by atoms with van der Waals surface area (Å²) in [6.45, 7) is 0.760. The van der Waals surface area contributed by atoms with E-state index in [4.69, 9.17) is 0 Å². The maximum atomic E-state index is 12.9. The molecule has 2 nitrogen and oxygen atoms in total. The Morgan fingerprint density at radius 1 is 1.12 bits per heavy atom. The summed E-state index contributed by atoms with van der Waals surface area (Å²) >= 11 is 1.47. The van der Waals surface area contributed by atoms with Crippen LogP contribution in [-0.4, -0.2) is 4.98 Å². The molecule has 0 bridgehead atoms. The average Bonchev–Trinajstić information content (AvgIpc) is 2.79. The van der Waals surface area contributed by atoms with Crippen LogP contribution in [0.4, 0.5) is 13.2 Å². The Labute approximate surface area is 100 Å². The lowest BCUT2D eigenvalue weighted by Crippen LogP contribution is -2.13. The highest BCUT2D eigenvalue weighted by molar-refractivity contribution is 7.07. The number of aromatic nitrogens is 1. The molecule has 0 unspecified atom stereocenters. The molecule has 2 rings (SSSR count). The zero-order chi connectivity index (χ0) is 12.3. The van der Waals surface area contributed by atoms with Crippen LogP contribution in [0.5, 0.6) is 0 Å². The molecule has 0 spiro atoms. The Balaban J connectivity index is 1.95. The Bertz CT molecular complexity index is 476. The van der Waals surface area contributed by atoms with Crippen molar-refractivity contribution in [3.05, 3.63) is 51.7 Å². The van der Waals surface area contributed by atoms with Gasteiger partial charge in [-0.3, -0.25) is 0 Å². The molecular formula is C11H9F3N2S. The molecule has 0 amide bonds. The van der Waals surface area contributed by atoms with Gasteiger partial charge in [-0.1, -0.05) is 0 Å². The van der Waals surface area contributed by atoms with E-state index in [-0.39, 0.29) is 6.54 Å². The van der Waals surface area contributed by atoms with Gasteiger partial charge >= 0.3 is 0 Å². The van der Waals surface area contributed by atoms with E-state index in [0.717, 1.165) is 17.8 Å². The normalized spacial score (nSPS) is 10.8. The second kappa shape index (κ2) is 5.29. The molecule has 2 aromatic rings. The Morgan fingerprint density at radius 3 is 2.41 bits per heavy atom. The van der Waals surface area contributed by atoms with Gasteiger partial charge in [0.15, 0.2) is 17.5 Å². The highest BCUT2D eigenvalue weighted by Crippen LogP contribution is 2.13. The molecule has 0 aliphatic heterocycles. The smallest absolute Gasteiger partial charge is 0.194 e. The van der Waals surface area contributed by atoms with Crippen molar-refractivity contribution in [3.8, 4) is 0 Å². The molecule has 1 N–H and O–H groups in total. The van der Waals surface area contributed by atoms with E-state index in [1.807, 2.05) is 5.38 Å². The van der Waals surface area contributed by atoms with Gasteiger partial charge in [-0.2, -0.15) is 0 Å². The molecule has 0 fully saturated rings. The molecule has 0 saturated carbocycles. The van der Waals surface area contributed by atoms with Gasteiger partial charge in [0.1, 0.15) is 0 Å². The molecule has 1 aromatic carbocycles. The standard InChI is InChI=1S/C11H9F3N2S/c12-9-1-7(2-10(13)11(9)14)3-15-4-8-5-17-6-16-8/h1-2,5-6,15H,3-4H2. The van der Waals surface area contributed by atoms with Crippen molar-refractivity contribution in [2.75, 3.05) is 0 Å². The Kier molecular flexibility index (Phi) is 3.75. The molecule has 90 valence electrons. The van der Waals surface area contributed by atoms with E-state index in [2.05, 4.69) is 10.3 Å². The molecule has 0 atom stereocenters. The minimum atomic E-state index is -1.44. The van der Waals surface area contributed by atoms with Crippen molar-refractivity contribution in [2.24, 2.45) is 0 Å². The third kappa shape index (κ3) is 3.04. The van der Waals surface area contributed by atoms with Crippen LogP contribution in [-0.2, 0) is 13.1 Å². The van der Waals surface area contributed by atoms with Gasteiger partial charge < -0.3 is 5.32 Å². The fourth-order valence-corrected chi connectivity index (χ4v) is 1.93. The summed E-state index contributed by atoms with van der Waals surface area (Å²) in [6, 6.07) is 1.96. The maximum Gasteiger partial charge on any atom is 0.194 e. The number of nitrogens with zero attached hydrogens (tertiary/aromatic N) is 1. The van der Waals surface area contributed by atoms with Crippen molar-refractivity contribution in [3.63, 3.8) is 0 Å². The molecule has 0 radical (unpaired) electrons. The minimum Gasteiger partial charge on any atom is -0.307 e. The number of halogens is 3. The lowest BCUT2D eigenvalue weighted by Gasteiger charge is -2.04. The van der Waals surface area contributed by atoms with Crippen molar-refractivity contribution < 1.29 is 13.2 Å². The fourth-order valence-electron chi connectivity index (χ4n) is 1.37. The van der Waals surface area contributed by atoms with E-state index in [0.29, 0.717) is 12.1 Å². The second-order valence-electron chi connectivity index (χ2n) is 3.46. The van der Waals surface area contributed by atoms with Gasteiger partial charge in [-0.15, -0.1) is 11.3 Å². The largest absolute Gasteiger partial charge is 0.307 e. The first-order valence-electron chi connectivity index (χ1n) is 4.88. The van der Waals surface area contributed by atoms with E-state index in [1.54, 1.807) is 5.51 Å². The van der Waals surface area contributed by atoms with Gasteiger partial charge in [-0.25, -0.2) is 18.2 Å². The van der Waals surface area contributed by atoms with Gasteiger partial charge in [-0.05, 0) is 17.7 Å². The second-order valence-corrected chi connectivity index (χ2v) is 4.18. The van der Waals surface area contributed by atoms with Crippen LogP contribution in [0.2, 0.25) is 0 Å². The van der Waals surface area contributed by atoms with Crippen LogP contribution < -0.4 is 5.32 Å². The minimum absolute atomic E-state index is 0.256. The first kappa shape index (κ1) is 12.1. The molecule has 0 aliphatic carbocycles. The fraction of sp³-hybridized carbons (Fsp3) is 0.182. The predicted molar refractivity (Wildman–Crippen MR) is 59.0 cm³/mol. The van der Waals surface area contributed by atoms with Crippen LogP contribution in [0, 0.1) is 17.5 Å². The van der Waals surface area contributed by atoms with E-state index in [1.165, 1.54) is 11.3 Å². The zero-order valence-corrected chi connectivity index (χ0v) is 9.53. The lowest BCUT2D eigenvalue weighted by atomic mass is 10.2. The molecular weight excluding hydrogens is 249 g/mol. The molecule has 1 aromatic heterocycles. The SMILES string of the molecule is Fc1cc(CNCc2cscn2)cc(F)c1F. The molecule has 6 heteroatoms. The highest BCUT2D eigenvalue weighted by Gasteiger charge is 2.10. The molecule has 0 saturated heterocycles. The molecule has 0 aliphatic rings. The number of nitrogens with one attached hydrogen (secondary N) is 1. The van der Waals surface area contributed by atoms with Gasteiger partial charge in [0.2, 0.25) is 0 Å². The summed E-state index contributed by atoms with van der Waals surface area (Å²) in [5.74, 6) is -3.78. The van der Waals surface area contributed by atoms with Crippen LogP contribution in [0.1, 0.15) is 11.3 Å². The maximum absolute atomic E-state index is 12.9. The topological polar surface area (TPSA) is 24.9 Å². The van der Waals surface area contributed by atoms with Gasteiger partial charge in [0.05, 0.1) is 11.2 Å². The number of rotatable bonds is 4. The number of thiazole rings is 1. The van der Waals surface area contributed by atoms with Crippen molar-refractivity contribution in [2.45, 2.75) is 13.1 Å². The van der Waals surface area contributed by atoms with E-state index in [9.17, 15) is 13.2 Å². The molecule has 1 heterocycles. The Morgan fingerprint density at radius 2 is 1.82 bits per heavy atom. The average molecular weight is 258 g/mol. The number of hydrogen-bond donors (Lipinski definition) is 1. The molecule has 17 heavy (non-hydrogen) atoms. The third-order valence-electron chi connectivity index (χ3n) is 2.16. The van der Waals surface area contributed by atoms with Gasteiger partial charge in [0, 0.05) is 18.5 Å². The van der Waals surface area contributed by atoms with Crippen LogP contribution in [0.15, 0.2) is 23.0 Å². The predicted octanol–water partition coefficient (Wildman–Crippen LogP) is 2.85. The first-order valence-corrected chi connectivity index (χ1v) is 5.82. The summed E-state index contributed by atoms with van der Waals surface area (Å²) in [6.07, 6.45) is 0. The summed E-state index contributed by atoms with van der Waals surface area (Å²) in [5.41, 5.74) is 2.92. The lowest BCUT2D eigenvalue weighted by molar-refractivity contribution is 0.444. The summed E-state index contributed by atoms with van der Waals surface area (Å²) < 4.78 is 38.5. The van der Waals surface area contributed by atoms with Crippen LogP contribution >= 0.6 is 11.3 Å². The van der Waals surface area contributed by atoms with Crippen molar-refractivity contribution in [1.29, 1.82) is 0 Å². The first-order chi connectivity index (χ1) is 8.16. The van der Waals surface area contributed by atoms with Gasteiger partial charge in [0.25, 0.3) is 0 Å². The summed E-state index contributed by atoms with van der Waals surface area (Å²) in [4.78, 5) is 4.04. The van der Waals surface area contributed by atoms with E-state index < -0.39 is 17.5 Å². The number of hydrogen-bond acceptors (Lipinski definition) is 3. The summed E-state index contributed by atoms with van der Waals surface area (Å²) in [5, 5.41) is 4.84. The monoisotopic (exact) mass is 258 g/mol. The highest BCUT2D eigenvalue weighted by atomic mass is 32.1. The van der Waals surface area contributed by atoms with Crippen molar-refractivity contribution in [1.82, 2.24) is 10.3 Å². The third-order valence-corrected chi connectivity index (χ3v) is 2.80. The van der Waals surface area contributed by atoms with Crippen LogP contribution in [0.3, 0.4) is 0 Å². The van der Waals surface area contributed by atoms with Crippen molar-refractivity contribution >= 4 is 11.3 Å². The van der Waals surface area contributed by atoms with Crippen LogP contribution in [0.25, 0.3) is 0 Å². The Hall–Kier alpha value is -1.40. The van der Waals surface area contributed by atoms with E-state index >= 15 is 0 Å². The zero-order valence-electron chi connectivity index (χ0n) is 8.71. The number of benzene rings is 1. The summed E-state index contributed by atoms with van der Waals surface area (Å²) in [7, 11) is 0. The quantitative estimate of drug-likeness (QED) is 0.853.